The van der Waals surface area contributed by atoms with Crippen LogP contribution in [0.3, 0.4) is 0 Å². The molecular weight excluding hydrogens is 326 g/mol. The van der Waals surface area contributed by atoms with Crippen LogP contribution in [-0.2, 0) is 17.8 Å². The van der Waals surface area contributed by atoms with E-state index >= 15 is 0 Å². The summed E-state index contributed by atoms with van der Waals surface area (Å²) in [5.74, 6) is 0.202. The number of carbonyl (C=O) groups is 1. The smallest absolute Gasteiger partial charge is 0.227 e. The van der Waals surface area contributed by atoms with Crippen molar-refractivity contribution in [3.8, 4) is 5.69 Å². The van der Waals surface area contributed by atoms with Crippen molar-refractivity contribution in [2.24, 2.45) is 0 Å². The molecule has 1 aliphatic heterocycles. The monoisotopic (exact) mass is 349 g/mol. The third-order valence-corrected chi connectivity index (χ3v) is 4.97. The van der Waals surface area contributed by atoms with Crippen LogP contribution in [0, 0.1) is 0 Å². The van der Waals surface area contributed by atoms with E-state index in [0.717, 1.165) is 37.2 Å². The van der Waals surface area contributed by atoms with Crippen LogP contribution in [0.15, 0.2) is 61.2 Å². The number of aromatic nitrogens is 4. The number of rotatable bonds is 5. The van der Waals surface area contributed by atoms with Gasteiger partial charge in [-0.05, 0) is 49.1 Å². The van der Waals surface area contributed by atoms with Crippen molar-refractivity contribution in [3.05, 3.63) is 66.7 Å². The maximum atomic E-state index is 12.9. The fourth-order valence-corrected chi connectivity index (χ4v) is 3.61. The molecular formula is C20H23N5O. The van der Waals surface area contributed by atoms with Crippen LogP contribution in [0.1, 0.15) is 24.8 Å². The average Bonchev–Trinajstić information content (AvgIpc) is 3.37. The first kappa shape index (κ1) is 16.6. The molecule has 0 bridgehead atoms. The van der Waals surface area contributed by atoms with Crippen LogP contribution < -0.4 is 0 Å². The second-order valence-corrected chi connectivity index (χ2v) is 6.76. The molecule has 3 aromatic rings. The molecule has 6 heteroatoms. The first-order valence-electron chi connectivity index (χ1n) is 9.15. The highest BCUT2D eigenvalue weighted by Crippen LogP contribution is 2.20. The summed E-state index contributed by atoms with van der Waals surface area (Å²) in [6.45, 7) is 1.62. The van der Waals surface area contributed by atoms with Gasteiger partial charge in [0.1, 0.15) is 0 Å². The molecule has 1 fully saturated rings. The number of amides is 1. The first-order valence-corrected chi connectivity index (χ1v) is 9.15. The predicted octanol–water partition coefficient (Wildman–Crippen LogP) is 2.69. The summed E-state index contributed by atoms with van der Waals surface area (Å²) in [4.78, 5) is 14.9. The highest BCUT2D eigenvalue weighted by molar-refractivity contribution is 5.79. The van der Waals surface area contributed by atoms with Gasteiger partial charge in [0.05, 0.1) is 24.7 Å². The zero-order valence-electron chi connectivity index (χ0n) is 14.7. The lowest BCUT2D eigenvalue weighted by molar-refractivity contribution is -0.134. The molecule has 4 rings (SSSR count). The van der Waals surface area contributed by atoms with Crippen molar-refractivity contribution in [1.29, 1.82) is 0 Å². The molecule has 0 radical (unpaired) electrons. The van der Waals surface area contributed by atoms with Gasteiger partial charge in [0.25, 0.3) is 0 Å². The molecule has 0 spiro atoms. The van der Waals surface area contributed by atoms with Gasteiger partial charge in [0.15, 0.2) is 0 Å². The Bertz CT molecular complexity index is 824. The Morgan fingerprint density at radius 1 is 1.04 bits per heavy atom. The van der Waals surface area contributed by atoms with Gasteiger partial charge in [0.2, 0.25) is 5.91 Å². The van der Waals surface area contributed by atoms with Crippen LogP contribution in [-0.4, -0.2) is 43.0 Å². The minimum absolute atomic E-state index is 0.202. The lowest BCUT2D eigenvalue weighted by Gasteiger charge is -2.36. The Labute approximate surface area is 153 Å². The first-order chi connectivity index (χ1) is 12.8. The lowest BCUT2D eigenvalue weighted by atomic mass is 10.0. The summed E-state index contributed by atoms with van der Waals surface area (Å²) in [5.41, 5.74) is 2.04. The number of hydrogen-bond donors (Lipinski definition) is 0. The number of likely N-dealkylation sites (tertiary alicyclic amines) is 1. The van der Waals surface area contributed by atoms with E-state index in [1.807, 2.05) is 63.1 Å². The Kier molecular flexibility index (Phi) is 4.82. The van der Waals surface area contributed by atoms with Crippen molar-refractivity contribution in [1.82, 2.24) is 24.5 Å². The molecule has 26 heavy (non-hydrogen) atoms. The summed E-state index contributed by atoms with van der Waals surface area (Å²) < 4.78 is 3.74. The molecule has 2 aromatic heterocycles. The molecule has 134 valence electrons. The van der Waals surface area contributed by atoms with Gasteiger partial charge < -0.3 is 4.90 Å². The second kappa shape index (κ2) is 7.56. The second-order valence-electron chi connectivity index (χ2n) is 6.76. The average molecular weight is 349 g/mol. The standard InChI is InChI=1S/C20H23N5O/c26-20(15-17-6-8-18(9-7-17)25-14-4-11-22-25)24-13-2-1-5-19(24)16-23-12-3-10-21-23/h3-4,6-12,14,19H,1-2,5,13,15-16H2/t19-/m0/s1. The largest absolute Gasteiger partial charge is 0.338 e. The summed E-state index contributed by atoms with van der Waals surface area (Å²) in [7, 11) is 0. The summed E-state index contributed by atoms with van der Waals surface area (Å²) in [6, 6.07) is 12.1. The Morgan fingerprint density at radius 3 is 2.58 bits per heavy atom. The van der Waals surface area contributed by atoms with E-state index in [1.54, 1.807) is 12.4 Å². The molecule has 3 heterocycles. The van der Waals surface area contributed by atoms with E-state index in [0.29, 0.717) is 6.42 Å². The van der Waals surface area contributed by atoms with Gasteiger partial charge in [-0.25, -0.2) is 4.68 Å². The SMILES string of the molecule is O=C(Cc1ccc(-n2cccn2)cc1)N1CCCC[C@H]1Cn1cccn1. The Morgan fingerprint density at radius 2 is 1.85 bits per heavy atom. The van der Waals surface area contributed by atoms with Crippen LogP contribution in [0.5, 0.6) is 0 Å². The maximum absolute atomic E-state index is 12.9. The molecule has 1 aliphatic rings. The van der Waals surface area contributed by atoms with Crippen LogP contribution in [0.2, 0.25) is 0 Å². The summed E-state index contributed by atoms with van der Waals surface area (Å²) in [5, 5.41) is 8.52. The Balaban J connectivity index is 1.42. The molecule has 6 nitrogen and oxygen atoms in total. The summed E-state index contributed by atoms with van der Waals surface area (Å²) >= 11 is 0. The predicted molar refractivity (Wildman–Crippen MR) is 98.8 cm³/mol. The van der Waals surface area contributed by atoms with Gasteiger partial charge in [-0.1, -0.05) is 12.1 Å². The summed E-state index contributed by atoms with van der Waals surface area (Å²) in [6.07, 6.45) is 11.2. The number of piperidine rings is 1. The Hall–Kier alpha value is -2.89. The molecule has 0 aliphatic carbocycles. The normalized spacial score (nSPS) is 17.4. The molecule has 0 N–H and O–H groups in total. The minimum Gasteiger partial charge on any atom is -0.338 e. The third-order valence-electron chi connectivity index (χ3n) is 4.97. The molecule has 0 unspecified atom stereocenters. The van der Waals surface area contributed by atoms with Gasteiger partial charge in [-0.15, -0.1) is 0 Å². The molecule has 1 atom stereocenters. The highest BCUT2D eigenvalue weighted by atomic mass is 16.2. The number of hydrogen-bond acceptors (Lipinski definition) is 3. The van der Waals surface area contributed by atoms with Crippen molar-refractivity contribution < 1.29 is 4.79 Å². The minimum atomic E-state index is 0.202. The van der Waals surface area contributed by atoms with Crippen molar-refractivity contribution in [2.75, 3.05) is 6.54 Å². The molecule has 1 amide bonds. The van der Waals surface area contributed by atoms with Gasteiger partial charge in [0, 0.05) is 31.3 Å². The number of benzene rings is 1. The number of nitrogens with zero attached hydrogens (tertiary/aromatic N) is 5. The van der Waals surface area contributed by atoms with E-state index in [4.69, 9.17) is 0 Å². The van der Waals surface area contributed by atoms with Gasteiger partial charge in [-0.2, -0.15) is 10.2 Å². The molecule has 1 aromatic carbocycles. The van der Waals surface area contributed by atoms with E-state index in [1.165, 1.54) is 6.42 Å². The fourth-order valence-electron chi connectivity index (χ4n) is 3.61. The van der Waals surface area contributed by atoms with Crippen molar-refractivity contribution in [3.63, 3.8) is 0 Å². The maximum Gasteiger partial charge on any atom is 0.227 e. The van der Waals surface area contributed by atoms with E-state index < -0.39 is 0 Å². The fraction of sp³-hybridized carbons (Fsp3) is 0.350. The number of carbonyl (C=O) groups excluding carboxylic acids is 1. The molecule has 0 saturated carbocycles. The zero-order valence-corrected chi connectivity index (χ0v) is 14.7. The van der Waals surface area contributed by atoms with Gasteiger partial charge in [-0.3, -0.25) is 9.48 Å². The van der Waals surface area contributed by atoms with E-state index in [-0.39, 0.29) is 11.9 Å². The topological polar surface area (TPSA) is 56.0 Å². The van der Waals surface area contributed by atoms with Crippen LogP contribution in [0.25, 0.3) is 5.69 Å². The van der Waals surface area contributed by atoms with Crippen LogP contribution in [0.4, 0.5) is 0 Å². The highest BCUT2D eigenvalue weighted by Gasteiger charge is 2.27. The van der Waals surface area contributed by atoms with Gasteiger partial charge >= 0.3 is 0 Å². The van der Waals surface area contributed by atoms with Crippen molar-refractivity contribution >= 4 is 5.91 Å². The zero-order chi connectivity index (χ0) is 17.8. The third kappa shape index (κ3) is 3.69. The van der Waals surface area contributed by atoms with Crippen molar-refractivity contribution in [2.45, 2.75) is 38.3 Å². The van der Waals surface area contributed by atoms with Crippen LogP contribution >= 0.6 is 0 Å². The quantitative estimate of drug-likeness (QED) is 0.712. The lowest BCUT2D eigenvalue weighted by Crippen LogP contribution is -2.46. The van der Waals surface area contributed by atoms with E-state index in [2.05, 4.69) is 10.2 Å². The van der Waals surface area contributed by atoms with E-state index in [9.17, 15) is 4.79 Å². The molecule has 1 saturated heterocycles.